The summed E-state index contributed by atoms with van der Waals surface area (Å²) in [6.45, 7) is 4.29. The molecule has 0 spiro atoms. The number of cyclic esters (lactones) is 1. The van der Waals surface area contributed by atoms with Gasteiger partial charge in [0, 0.05) is 31.6 Å². The van der Waals surface area contributed by atoms with Gasteiger partial charge in [0.25, 0.3) is 0 Å². The fourth-order valence-electron chi connectivity index (χ4n) is 3.86. The third-order valence-electron chi connectivity index (χ3n) is 5.54. The van der Waals surface area contributed by atoms with Crippen molar-refractivity contribution >= 4 is 17.7 Å². The average molecular weight is 424 g/mol. The lowest BCUT2D eigenvalue weighted by atomic mass is 10.1. The molecule has 4 rings (SSSR count). The van der Waals surface area contributed by atoms with Crippen LogP contribution in [0.4, 0.5) is 10.5 Å². The number of ether oxygens (including phenoxy) is 3. The highest BCUT2D eigenvalue weighted by Gasteiger charge is 2.29. The van der Waals surface area contributed by atoms with Crippen LogP contribution in [-0.4, -0.2) is 55.3 Å². The summed E-state index contributed by atoms with van der Waals surface area (Å²) in [5.41, 5.74) is 1.86. The molecule has 0 aliphatic carbocycles. The molecule has 2 heterocycles. The predicted molar refractivity (Wildman–Crippen MR) is 116 cm³/mol. The zero-order chi connectivity index (χ0) is 21.6. The van der Waals surface area contributed by atoms with Crippen LogP contribution in [0.15, 0.2) is 54.6 Å². The molecule has 2 aromatic rings. The van der Waals surface area contributed by atoms with Gasteiger partial charge < -0.3 is 19.1 Å². The Morgan fingerprint density at radius 1 is 1.06 bits per heavy atom. The van der Waals surface area contributed by atoms with Gasteiger partial charge in [-0.05, 0) is 36.8 Å². The highest BCUT2D eigenvalue weighted by atomic mass is 16.6. The zero-order valence-corrected chi connectivity index (χ0v) is 17.7. The van der Waals surface area contributed by atoms with Crippen LogP contribution in [0, 0.1) is 0 Å². The number of nitrogens with zero attached hydrogens (tertiary/aromatic N) is 2. The second-order valence-corrected chi connectivity index (χ2v) is 7.98. The van der Waals surface area contributed by atoms with Gasteiger partial charge in [-0.3, -0.25) is 9.69 Å². The van der Waals surface area contributed by atoms with Crippen LogP contribution in [0.2, 0.25) is 0 Å². The molecule has 2 fully saturated rings. The van der Waals surface area contributed by atoms with Crippen LogP contribution in [-0.2, 0) is 20.9 Å². The molecular weight excluding hydrogens is 396 g/mol. The molecule has 0 bridgehead atoms. The first-order valence-electron chi connectivity index (χ1n) is 10.7. The Labute approximate surface area is 182 Å². The summed E-state index contributed by atoms with van der Waals surface area (Å²) in [7, 11) is 0. The molecule has 31 heavy (non-hydrogen) atoms. The van der Waals surface area contributed by atoms with E-state index in [2.05, 4.69) is 0 Å². The number of carbonyl (C=O) groups excluding carboxylic acids is 2. The van der Waals surface area contributed by atoms with Crippen molar-refractivity contribution in [3.63, 3.8) is 0 Å². The highest BCUT2D eigenvalue weighted by Crippen LogP contribution is 2.26. The molecule has 0 N–H and O–H groups in total. The highest BCUT2D eigenvalue weighted by molar-refractivity contribution is 5.89. The summed E-state index contributed by atoms with van der Waals surface area (Å²) in [5, 5.41) is 0. The van der Waals surface area contributed by atoms with Crippen molar-refractivity contribution in [2.75, 3.05) is 31.1 Å². The van der Waals surface area contributed by atoms with Crippen molar-refractivity contribution in [2.45, 2.75) is 38.6 Å². The smallest absolute Gasteiger partial charge is 0.414 e. The van der Waals surface area contributed by atoms with E-state index in [0.717, 1.165) is 29.8 Å². The minimum Gasteiger partial charge on any atom is -0.490 e. The molecule has 0 saturated carbocycles. The van der Waals surface area contributed by atoms with E-state index in [4.69, 9.17) is 14.2 Å². The van der Waals surface area contributed by atoms with Gasteiger partial charge in [0.15, 0.2) is 0 Å². The maximum Gasteiger partial charge on any atom is 0.414 e. The summed E-state index contributed by atoms with van der Waals surface area (Å²) >= 11 is 0. The largest absolute Gasteiger partial charge is 0.490 e. The second-order valence-electron chi connectivity index (χ2n) is 7.98. The number of likely N-dealkylation sites (tertiary alicyclic amines) is 1. The van der Waals surface area contributed by atoms with Crippen molar-refractivity contribution < 1.29 is 23.8 Å². The Balaban J connectivity index is 1.19. The van der Waals surface area contributed by atoms with Gasteiger partial charge in [-0.15, -0.1) is 0 Å². The first-order chi connectivity index (χ1) is 15.1. The molecule has 7 heteroatoms. The Morgan fingerprint density at radius 3 is 2.42 bits per heavy atom. The fraction of sp³-hybridized carbons (Fsp3) is 0.417. The first-order valence-corrected chi connectivity index (χ1v) is 10.7. The third kappa shape index (κ3) is 5.55. The van der Waals surface area contributed by atoms with Crippen molar-refractivity contribution in [1.29, 1.82) is 0 Å². The molecule has 1 atom stereocenters. The number of anilines is 1. The van der Waals surface area contributed by atoms with E-state index < -0.39 is 0 Å². The van der Waals surface area contributed by atoms with E-state index >= 15 is 0 Å². The van der Waals surface area contributed by atoms with Crippen molar-refractivity contribution in [1.82, 2.24) is 4.90 Å². The SMILES string of the molecule is CC1CN(c2ccc(OC3CCN(C(=O)COCc4ccccc4)CC3)cc2)C(=O)O1. The Morgan fingerprint density at radius 2 is 1.77 bits per heavy atom. The number of rotatable bonds is 7. The van der Waals surface area contributed by atoms with Gasteiger partial charge in [-0.25, -0.2) is 4.79 Å². The number of hydrogen-bond acceptors (Lipinski definition) is 5. The normalized spacial score (nSPS) is 19.4. The summed E-state index contributed by atoms with van der Waals surface area (Å²) in [5.74, 6) is 0.783. The maximum atomic E-state index is 12.4. The summed E-state index contributed by atoms with van der Waals surface area (Å²) in [6, 6.07) is 17.3. The van der Waals surface area contributed by atoms with E-state index in [1.54, 1.807) is 4.90 Å². The van der Waals surface area contributed by atoms with Gasteiger partial charge >= 0.3 is 6.09 Å². The number of benzene rings is 2. The molecule has 2 saturated heterocycles. The lowest BCUT2D eigenvalue weighted by Crippen LogP contribution is -2.43. The van der Waals surface area contributed by atoms with Crippen LogP contribution < -0.4 is 9.64 Å². The quantitative estimate of drug-likeness (QED) is 0.679. The maximum absolute atomic E-state index is 12.4. The van der Waals surface area contributed by atoms with Crippen molar-refractivity contribution in [3.8, 4) is 5.75 Å². The molecule has 2 amide bonds. The summed E-state index contributed by atoms with van der Waals surface area (Å²) in [4.78, 5) is 27.7. The van der Waals surface area contributed by atoms with Gasteiger partial charge in [0.1, 0.15) is 24.6 Å². The van der Waals surface area contributed by atoms with E-state index in [9.17, 15) is 9.59 Å². The van der Waals surface area contributed by atoms with Crippen molar-refractivity contribution in [2.24, 2.45) is 0 Å². The van der Waals surface area contributed by atoms with Crippen LogP contribution in [0.3, 0.4) is 0 Å². The van der Waals surface area contributed by atoms with E-state index in [1.165, 1.54) is 0 Å². The predicted octanol–water partition coefficient (Wildman–Crippen LogP) is 3.62. The third-order valence-corrected chi connectivity index (χ3v) is 5.54. The minimum atomic E-state index is -0.314. The molecule has 1 unspecified atom stereocenters. The molecule has 0 aromatic heterocycles. The standard InChI is InChI=1S/C24H28N2O5/c1-18-15-26(24(28)30-18)20-7-9-21(10-8-20)31-22-11-13-25(14-12-22)23(27)17-29-16-19-5-3-2-4-6-19/h2-10,18,22H,11-17H2,1H3. The zero-order valence-electron chi connectivity index (χ0n) is 17.7. The van der Waals surface area contributed by atoms with Crippen LogP contribution >= 0.6 is 0 Å². The van der Waals surface area contributed by atoms with Gasteiger partial charge in [0.05, 0.1) is 13.2 Å². The molecule has 164 valence electrons. The van der Waals surface area contributed by atoms with Crippen LogP contribution in [0.5, 0.6) is 5.75 Å². The first kappa shape index (κ1) is 21.2. The van der Waals surface area contributed by atoms with E-state index in [1.807, 2.05) is 66.4 Å². The lowest BCUT2D eigenvalue weighted by Gasteiger charge is -2.32. The summed E-state index contributed by atoms with van der Waals surface area (Å²) in [6.07, 6.45) is 1.22. The molecule has 2 aromatic carbocycles. The van der Waals surface area contributed by atoms with Gasteiger partial charge in [0.2, 0.25) is 5.91 Å². The Hall–Kier alpha value is -3.06. The van der Waals surface area contributed by atoms with Crippen LogP contribution in [0.1, 0.15) is 25.3 Å². The monoisotopic (exact) mass is 424 g/mol. The van der Waals surface area contributed by atoms with Gasteiger partial charge in [-0.1, -0.05) is 30.3 Å². The fourth-order valence-corrected chi connectivity index (χ4v) is 3.86. The van der Waals surface area contributed by atoms with E-state index in [-0.39, 0.29) is 30.8 Å². The topological polar surface area (TPSA) is 68.3 Å². The Kier molecular flexibility index (Phi) is 6.72. The average Bonchev–Trinajstić information content (AvgIpc) is 3.13. The summed E-state index contributed by atoms with van der Waals surface area (Å²) < 4.78 is 16.8. The molecule has 0 radical (unpaired) electrons. The van der Waals surface area contributed by atoms with Crippen LogP contribution in [0.25, 0.3) is 0 Å². The second kappa shape index (κ2) is 9.83. The van der Waals surface area contributed by atoms with E-state index in [0.29, 0.717) is 26.2 Å². The number of carbonyl (C=O) groups is 2. The molecule has 2 aliphatic heterocycles. The Bertz CT molecular complexity index is 879. The number of hydrogen-bond donors (Lipinski definition) is 0. The lowest BCUT2D eigenvalue weighted by molar-refractivity contribution is -0.138. The van der Waals surface area contributed by atoms with Gasteiger partial charge in [-0.2, -0.15) is 0 Å². The minimum absolute atomic E-state index is 0.0189. The number of amides is 2. The molecular formula is C24H28N2O5. The van der Waals surface area contributed by atoms with Crippen molar-refractivity contribution in [3.05, 3.63) is 60.2 Å². The molecule has 7 nitrogen and oxygen atoms in total. The number of piperidine rings is 1. The molecule has 2 aliphatic rings.